The summed E-state index contributed by atoms with van der Waals surface area (Å²) in [5.41, 5.74) is 2.32. The Morgan fingerprint density at radius 2 is 2.00 bits per heavy atom. The number of hydrogen-bond donors (Lipinski definition) is 1. The Bertz CT molecular complexity index is 890. The maximum Gasteiger partial charge on any atom is 0.250 e. The zero-order chi connectivity index (χ0) is 16.9. The molecule has 0 aliphatic carbocycles. The fourth-order valence-electron chi connectivity index (χ4n) is 2.01. The number of anilines is 1. The van der Waals surface area contributed by atoms with E-state index in [1.54, 1.807) is 30.3 Å². The lowest BCUT2D eigenvalue weighted by atomic mass is 10.2. The highest BCUT2D eigenvalue weighted by Crippen LogP contribution is 2.25. The van der Waals surface area contributed by atoms with Gasteiger partial charge in [0.25, 0.3) is 0 Å². The standard InChI is InChI=1S/C18H12ClFN2OS/c19-14-3-1-2-12(10-14)4-9-17(23)22-18-21-16(11-24-18)13-5-7-15(20)8-6-13/h1-11H,(H,21,22,23). The van der Waals surface area contributed by atoms with E-state index in [0.29, 0.717) is 15.8 Å². The number of hydrogen-bond acceptors (Lipinski definition) is 3. The van der Waals surface area contributed by atoms with Crippen LogP contribution in [-0.4, -0.2) is 10.9 Å². The number of aromatic nitrogens is 1. The molecule has 0 bridgehead atoms. The zero-order valence-electron chi connectivity index (χ0n) is 12.4. The van der Waals surface area contributed by atoms with Crippen molar-refractivity contribution < 1.29 is 9.18 Å². The summed E-state index contributed by atoms with van der Waals surface area (Å²) in [7, 11) is 0. The van der Waals surface area contributed by atoms with E-state index in [-0.39, 0.29) is 11.7 Å². The highest BCUT2D eigenvalue weighted by Gasteiger charge is 2.06. The van der Waals surface area contributed by atoms with Gasteiger partial charge in [0.05, 0.1) is 5.69 Å². The molecule has 3 rings (SSSR count). The maximum absolute atomic E-state index is 12.9. The van der Waals surface area contributed by atoms with Gasteiger partial charge in [0.2, 0.25) is 5.91 Å². The van der Waals surface area contributed by atoms with Crippen LogP contribution >= 0.6 is 22.9 Å². The minimum absolute atomic E-state index is 0.282. The van der Waals surface area contributed by atoms with Crippen LogP contribution in [0.3, 0.4) is 0 Å². The van der Waals surface area contributed by atoms with Crippen molar-refractivity contribution in [3.8, 4) is 11.3 Å². The van der Waals surface area contributed by atoms with Crippen LogP contribution in [0.15, 0.2) is 60.0 Å². The van der Waals surface area contributed by atoms with E-state index in [9.17, 15) is 9.18 Å². The average Bonchev–Trinajstić information content (AvgIpc) is 3.02. The minimum atomic E-state index is -0.298. The summed E-state index contributed by atoms with van der Waals surface area (Å²) in [6, 6.07) is 13.2. The SMILES string of the molecule is O=C(C=Cc1cccc(Cl)c1)Nc1nc(-c2ccc(F)cc2)cs1. The molecule has 0 saturated carbocycles. The number of benzene rings is 2. The van der Waals surface area contributed by atoms with Crippen molar-refractivity contribution in [2.75, 3.05) is 5.32 Å². The molecule has 24 heavy (non-hydrogen) atoms. The lowest BCUT2D eigenvalue weighted by molar-refractivity contribution is -0.111. The molecular formula is C18H12ClFN2OS. The first kappa shape index (κ1) is 16.4. The van der Waals surface area contributed by atoms with E-state index >= 15 is 0 Å². The van der Waals surface area contributed by atoms with E-state index < -0.39 is 0 Å². The third kappa shape index (κ3) is 4.28. The number of nitrogens with one attached hydrogen (secondary N) is 1. The van der Waals surface area contributed by atoms with Crippen LogP contribution in [0.2, 0.25) is 5.02 Å². The number of halogens is 2. The molecule has 0 saturated heterocycles. The van der Waals surface area contributed by atoms with E-state index in [0.717, 1.165) is 11.1 Å². The summed E-state index contributed by atoms with van der Waals surface area (Å²) in [6.45, 7) is 0. The Balaban J connectivity index is 1.66. The summed E-state index contributed by atoms with van der Waals surface area (Å²) in [4.78, 5) is 16.3. The van der Waals surface area contributed by atoms with Gasteiger partial charge in [-0.25, -0.2) is 9.37 Å². The molecule has 3 aromatic rings. The van der Waals surface area contributed by atoms with Gasteiger partial charge in [0, 0.05) is 22.0 Å². The molecule has 120 valence electrons. The second-order valence-corrected chi connectivity index (χ2v) is 6.22. The van der Waals surface area contributed by atoms with Crippen molar-refractivity contribution >= 4 is 40.1 Å². The van der Waals surface area contributed by atoms with E-state index in [1.807, 2.05) is 17.5 Å². The first-order valence-corrected chi connectivity index (χ1v) is 8.32. The summed E-state index contributed by atoms with van der Waals surface area (Å²) < 4.78 is 12.9. The number of carbonyl (C=O) groups is 1. The smallest absolute Gasteiger partial charge is 0.250 e. The Labute approximate surface area is 147 Å². The van der Waals surface area contributed by atoms with E-state index in [1.165, 1.54) is 29.5 Å². The second kappa shape index (κ2) is 7.38. The monoisotopic (exact) mass is 358 g/mol. The minimum Gasteiger partial charge on any atom is -0.298 e. The van der Waals surface area contributed by atoms with Gasteiger partial charge in [-0.2, -0.15) is 0 Å². The second-order valence-electron chi connectivity index (χ2n) is 4.92. The van der Waals surface area contributed by atoms with Gasteiger partial charge in [-0.3, -0.25) is 10.1 Å². The predicted octanol–water partition coefficient (Wildman–Crippen LogP) is 5.25. The van der Waals surface area contributed by atoms with Crippen molar-refractivity contribution in [2.45, 2.75) is 0 Å². The van der Waals surface area contributed by atoms with Gasteiger partial charge in [-0.05, 0) is 48.0 Å². The summed E-state index contributed by atoms with van der Waals surface area (Å²) in [5, 5.41) is 5.61. The highest BCUT2D eigenvalue weighted by atomic mass is 35.5. The Morgan fingerprint density at radius 1 is 1.21 bits per heavy atom. The molecule has 1 heterocycles. The van der Waals surface area contributed by atoms with Crippen molar-refractivity contribution in [2.24, 2.45) is 0 Å². The Hall–Kier alpha value is -2.50. The molecular weight excluding hydrogens is 347 g/mol. The van der Waals surface area contributed by atoms with Crippen LogP contribution in [0.1, 0.15) is 5.56 Å². The third-order valence-electron chi connectivity index (χ3n) is 3.15. The topological polar surface area (TPSA) is 42.0 Å². The van der Waals surface area contributed by atoms with Gasteiger partial charge >= 0.3 is 0 Å². The fourth-order valence-corrected chi connectivity index (χ4v) is 2.93. The van der Waals surface area contributed by atoms with Gasteiger partial charge in [-0.15, -0.1) is 11.3 Å². The molecule has 0 unspecified atom stereocenters. The van der Waals surface area contributed by atoms with E-state index in [4.69, 9.17) is 11.6 Å². The number of amides is 1. The quantitative estimate of drug-likeness (QED) is 0.647. The molecule has 0 radical (unpaired) electrons. The number of nitrogens with zero attached hydrogens (tertiary/aromatic N) is 1. The molecule has 0 spiro atoms. The number of carbonyl (C=O) groups excluding carboxylic acids is 1. The van der Waals surface area contributed by atoms with Gasteiger partial charge in [0.1, 0.15) is 5.82 Å². The Kier molecular flexibility index (Phi) is 5.03. The van der Waals surface area contributed by atoms with Crippen LogP contribution in [0.25, 0.3) is 17.3 Å². The molecule has 6 heteroatoms. The lowest BCUT2D eigenvalue weighted by Crippen LogP contribution is -2.07. The largest absolute Gasteiger partial charge is 0.298 e. The summed E-state index contributed by atoms with van der Waals surface area (Å²) in [5.74, 6) is -0.580. The van der Waals surface area contributed by atoms with Crippen molar-refractivity contribution in [1.82, 2.24) is 4.98 Å². The van der Waals surface area contributed by atoms with Crippen LogP contribution < -0.4 is 5.32 Å². The van der Waals surface area contributed by atoms with Crippen LogP contribution in [-0.2, 0) is 4.79 Å². The molecule has 1 amide bonds. The number of rotatable bonds is 4. The zero-order valence-corrected chi connectivity index (χ0v) is 13.9. The molecule has 0 aliphatic rings. The van der Waals surface area contributed by atoms with Crippen LogP contribution in [0.4, 0.5) is 9.52 Å². The summed E-state index contributed by atoms with van der Waals surface area (Å²) >= 11 is 7.20. The average molecular weight is 359 g/mol. The van der Waals surface area contributed by atoms with Gasteiger partial charge in [0.15, 0.2) is 5.13 Å². The first-order chi connectivity index (χ1) is 11.6. The van der Waals surface area contributed by atoms with Crippen LogP contribution in [0.5, 0.6) is 0 Å². The molecule has 0 fully saturated rings. The molecule has 0 aliphatic heterocycles. The van der Waals surface area contributed by atoms with Crippen molar-refractivity contribution in [3.63, 3.8) is 0 Å². The lowest BCUT2D eigenvalue weighted by Gasteiger charge is -1.98. The first-order valence-electron chi connectivity index (χ1n) is 7.06. The molecule has 0 atom stereocenters. The van der Waals surface area contributed by atoms with E-state index in [2.05, 4.69) is 10.3 Å². The Morgan fingerprint density at radius 3 is 2.75 bits per heavy atom. The van der Waals surface area contributed by atoms with Gasteiger partial charge in [-0.1, -0.05) is 23.7 Å². The fraction of sp³-hybridized carbons (Fsp3) is 0. The third-order valence-corrected chi connectivity index (χ3v) is 4.14. The molecule has 2 aromatic carbocycles. The molecule has 3 nitrogen and oxygen atoms in total. The summed E-state index contributed by atoms with van der Waals surface area (Å²) in [6.07, 6.45) is 3.10. The normalized spacial score (nSPS) is 10.9. The maximum atomic E-state index is 12.9. The highest BCUT2D eigenvalue weighted by molar-refractivity contribution is 7.14. The molecule has 1 aromatic heterocycles. The van der Waals surface area contributed by atoms with Crippen molar-refractivity contribution in [1.29, 1.82) is 0 Å². The van der Waals surface area contributed by atoms with Crippen LogP contribution in [0, 0.1) is 5.82 Å². The van der Waals surface area contributed by atoms with Crippen molar-refractivity contribution in [3.05, 3.63) is 76.4 Å². The van der Waals surface area contributed by atoms with Gasteiger partial charge < -0.3 is 0 Å². The predicted molar refractivity (Wildman–Crippen MR) is 96.6 cm³/mol. The molecule has 1 N–H and O–H groups in total. The number of thiazole rings is 1.